The zero-order chi connectivity index (χ0) is 11.8. The Morgan fingerprint density at radius 3 is 2.41 bits per heavy atom. The van der Waals surface area contributed by atoms with Crippen molar-refractivity contribution in [2.45, 2.75) is 32.6 Å². The van der Waals surface area contributed by atoms with E-state index in [1.54, 1.807) is 11.3 Å². The first-order valence-corrected chi connectivity index (χ1v) is 7.52. The fourth-order valence-corrected chi connectivity index (χ4v) is 4.14. The van der Waals surface area contributed by atoms with Gasteiger partial charge in [0.15, 0.2) is 0 Å². The van der Waals surface area contributed by atoms with Crippen LogP contribution in [0.15, 0.2) is 10.8 Å². The highest BCUT2D eigenvalue weighted by molar-refractivity contribution is 7.08. The van der Waals surface area contributed by atoms with E-state index in [0.29, 0.717) is 0 Å². The Bertz CT molecular complexity index is 412. The average Bonchev–Trinajstić information content (AvgIpc) is 2.93. The van der Waals surface area contributed by atoms with Gasteiger partial charge in [-0.05, 0) is 42.5 Å². The number of rotatable bonds is 1. The van der Waals surface area contributed by atoms with Gasteiger partial charge >= 0.3 is 0 Å². The quantitative estimate of drug-likeness (QED) is 0.747. The summed E-state index contributed by atoms with van der Waals surface area (Å²) in [5.41, 5.74) is 2.06. The molecule has 1 saturated carbocycles. The summed E-state index contributed by atoms with van der Waals surface area (Å²) in [6, 6.07) is 0. The molecule has 2 aliphatic rings. The van der Waals surface area contributed by atoms with Gasteiger partial charge in [0.1, 0.15) is 0 Å². The van der Waals surface area contributed by atoms with Gasteiger partial charge in [-0.15, -0.1) is 0 Å². The van der Waals surface area contributed by atoms with Gasteiger partial charge in [0.25, 0.3) is 5.91 Å². The summed E-state index contributed by atoms with van der Waals surface area (Å²) in [4.78, 5) is 14.5. The Morgan fingerprint density at radius 2 is 1.88 bits per heavy atom. The van der Waals surface area contributed by atoms with Crippen LogP contribution in [0.3, 0.4) is 0 Å². The van der Waals surface area contributed by atoms with Crippen molar-refractivity contribution in [2.75, 3.05) is 13.1 Å². The Hall–Kier alpha value is -0.830. The molecule has 1 aliphatic heterocycles. The average molecular weight is 249 g/mol. The topological polar surface area (TPSA) is 20.3 Å². The number of nitrogens with zero attached hydrogens (tertiary/aromatic N) is 1. The molecule has 1 saturated heterocycles. The lowest BCUT2D eigenvalue weighted by Crippen LogP contribution is -2.29. The number of carbonyl (C=O) groups excluding carboxylic acids is 1. The van der Waals surface area contributed by atoms with Gasteiger partial charge in [-0.1, -0.05) is 12.8 Å². The maximum atomic E-state index is 12.4. The Balaban J connectivity index is 1.74. The van der Waals surface area contributed by atoms with Crippen molar-refractivity contribution < 1.29 is 4.79 Å². The smallest absolute Gasteiger partial charge is 0.254 e. The number of likely N-dealkylation sites (tertiary alicyclic amines) is 1. The molecule has 2 fully saturated rings. The first-order chi connectivity index (χ1) is 8.25. The van der Waals surface area contributed by atoms with Crippen LogP contribution in [0.25, 0.3) is 0 Å². The van der Waals surface area contributed by atoms with Crippen molar-refractivity contribution in [3.05, 3.63) is 21.9 Å². The van der Waals surface area contributed by atoms with Gasteiger partial charge in [-0.25, -0.2) is 0 Å². The number of carbonyl (C=O) groups is 1. The van der Waals surface area contributed by atoms with Crippen molar-refractivity contribution in [1.82, 2.24) is 4.90 Å². The molecule has 2 atom stereocenters. The summed E-state index contributed by atoms with van der Waals surface area (Å²) < 4.78 is 0. The minimum Gasteiger partial charge on any atom is -0.338 e. The summed E-state index contributed by atoms with van der Waals surface area (Å²) in [6.45, 7) is 4.03. The molecular weight excluding hydrogens is 230 g/mol. The molecule has 92 valence electrons. The van der Waals surface area contributed by atoms with Crippen molar-refractivity contribution >= 4 is 17.2 Å². The highest BCUT2D eigenvalue weighted by atomic mass is 32.1. The molecule has 2 heterocycles. The largest absolute Gasteiger partial charge is 0.338 e. The number of aryl methyl sites for hydroxylation is 1. The molecule has 0 bridgehead atoms. The molecule has 2 unspecified atom stereocenters. The van der Waals surface area contributed by atoms with Crippen LogP contribution in [0.1, 0.15) is 41.6 Å². The first kappa shape index (κ1) is 11.3. The van der Waals surface area contributed by atoms with E-state index >= 15 is 0 Å². The normalized spacial score (nSPS) is 28.2. The molecule has 17 heavy (non-hydrogen) atoms. The minimum absolute atomic E-state index is 0.262. The zero-order valence-electron chi connectivity index (χ0n) is 10.3. The van der Waals surface area contributed by atoms with Crippen molar-refractivity contribution in [3.63, 3.8) is 0 Å². The highest BCUT2D eigenvalue weighted by Crippen LogP contribution is 2.36. The molecule has 0 spiro atoms. The minimum atomic E-state index is 0.262. The number of hydrogen-bond acceptors (Lipinski definition) is 2. The van der Waals surface area contributed by atoms with Crippen LogP contribution in [-0.4, -0.2) is 23.9 Å². The maximum absolute atomic E-state index is 12.4. The fourth-order valence-electron chi connectivity index (χ4n) is 3.32. The van der Waals surface area contributed by atoms with Gasteiger partial charge in [0.05, 0.1) is 5.56 Å². The van der Waals surface area contributed by atoms with Gasteiger partial charge in [0.2, 0.25) is 0 Å². The van der Waals surface area contributed by atoms with Crippen LogP contribution < -0.4 is 0 Å². The van der Waals surface area contributed by atoms with Gasteiger partial charge < -0.3 is 4.90 Å². The summed E-state index contributed by atoms with van der Waals surface area (Å²) >= 11 is 1.63. The number of hydrogen-bond donors (Lipinski definition) is 0. The van der Waals surface area contributed by atoms with Crippen LogP contribution in [-0.2, 0) is 0 Å². The zero-order valence-corrected chi connectivity index (χ0v) is 11.1. The lowest BCUT2D eigenvalue weighted by molar-refractivity contribution is 0.0784. The van der Waals surface area contributed by atoms with E-state index in [-0.39, 0.29) is 5.91 Å². The fraction of sp³-hybridized carbons (Fsp3) is 0.643. The third-order valence-corrected chi connectivity index (χ3v) is 5.21. The third-order valence-electron chi connectivity index (χ3n) is 4.35. The van der Waals surface area contributed by atoms with Crippen molar-refractivity contribution in [1.29, 1.82) is 0 Å². The van der Waals surface area contributed by atoms with Crippen molar-refractivity contribution in [3.8, 4) is 0 Å². The molecule has 3 rings (SSSR count). The Morgan fingerprint density at radius 1 is 1.24 bits per heavy atom. The molecule has 1 aliphatic carbocycles. The van der Waals surface area contributed by atoms with Crippen LogP contribution >= 0.6 is 11.3 Å². The number of amides is 1. The SMILES string of the molecule is Cc1cscc1C(=O)N1CC2CCCCC2C1. The maximum Gasteiger partial charge on any atom is 0.254 e. The third kappa shape index (κ3) is 2.01. The molecular formula is C14H19NOS. The molecule has 1 amide bonds. The van der Waals surface area contributed by atoms with Gasteiger partial charge in [-0.2, -0.15) is 11.3 Å². The van der Waals surface area contributed by atoms with E-state index < -0.39 is 0 Å². The van der Waals surface area contributed by atoms with Gasteiger partial charge in [0, 0.05) is 18.5 Å². The summed E-state index contributed by atoms with van der Waals surface area (Å²) in [6.07, 6.45) is 5.38. The molecule has 0 N–H and O–H groups in total. The van der Waals surface area contributed by atoms with E-state index in [1.165, 1.54) is 25.7 Å². The van der Waals surface area contributed by atoms with Crippen LogP contribution in [0.2, 0.25) is 0 Å². The monoisotopic (exact) mass is 249 g/mol. The van der Waals surface area contributed by atoms with E-state index in [9.17, 15) is 4.79 Å². The second kappa shape index (κ2) is 4.45. The van der Waals surface area contributed by atoms with Crippen LogP contribution in [0.5, 0.6) is 0 Å². The van der Waals surface area contributed by atoms with E-state index in [4.69, 9.17) is 0 Å². The lowest BCUT2D eigenvalue weighted by Gasteiger charge is -2.22. The standard InChI is InChI=1S/C14H19NOS/c1-10-8-17-9-13(10)14(16)15-6-11-4-2-3-5-12(11)7-15/h8-9,11-12H,2-7H2,1H3. The van der Waals surface area contributed by atoms with E-state index in [0.717, 1.165) is 36.1 Å². The van der Waals surface area contributed by atoms with Gasteiger partial charge in [-0.3, -0.25) is 4.79 Å². The second-order valence-electron chi connectivity index (χ2n) is 5.48. The molecule has 2 nitrogen and oxygen atoms in total. The molecule has 0 aromatic carbocycles. The second-order valence-corrected chi connectivity index (χ2v) is 6.23. The first-order valence-electron chi connectivity index (χ1n) is 6.58. The number of fused-ring (bicyclic) bond motifs is 1. The Kier molecular flexibility index (Phi) is 2.95. The van der Waals surface area contributed by atoms with Crippen LogP contribution in [0.4, 0.5) is 0 Å². The van der Waals surface area contributed by atoms with Crippen molar-refractivity contribution in [2.24, 2.45) is 11.8 Å². The molecule has 1 aromatic heterocycles. The predicted octanol–water partition coefficient (Wildman–Crippen LogP) is 3.32. The number of thiophene rings is 1. The summed E-state index contributed by atoms with van der Waals surface area (Å²) in [7, 11) is 0. The van der Waals surface area contributed by atoms with Crippen LogP contribution in [0, 0.1) is 18.8 Å². The molecule has 1 aromatic rings. The highest BCUT2D eigenvalue weighted by Gasteiger charge is 2.36. The summed E-state index contributed by atoms with van der Waals surface area (Å²) in [5, 5.41) is 4.07. The Labute approximate surface area is 107 Å². The lowest BCUT2D eigenvalue weighted by atomic mass is 9.82. The van der Waals surface area contributed by atoms with E-state index in [2.05, 4.69) is 10.3 Å². The van der Waals surface area contributed by atoms with E-state index in [1.807, 2.05) is 12.3 Å². The molecule has 0 radical (unpaired) electrons. The predicted molar refractivity (Wildman–Crippen MR) is 70.4 cm³/mol. The molecule has 3 heteroatoms. The summed E-state index contributed by atoms with van der Waals surface area (Å²) in [5.74, 6) is 1.83.